The second-order valence-corrected chi connectivity index (χ2v) is 8.21. The van der Waals surface area contributed by atoms with Crippen LogP contribution in [-0.2, 0) is 11.3 Å². The van der Waals surface area contributed by atoms with Crippen molar-refractivity contribution in [3.05, 3.63) is 94.9 Å². The summed E-state index contributed by atoms with van der Waals surface area (Å²) in [6.45, 7) is 2.41. The van der Waals surface area contributed by atoms with Crippen LogP contribution in [0.25, 0.3) is 11.3 Å². The molecule has 2 aromatic heterocycles. The van der Waals surface area contributed by atoms with Crippen molar-refractivity contribution in [2.75, 3.05) is 0 Å². The first-order valence-corrected chi connectivity index (χ1v) is 10.6. The van der Waals surface area contributed by atoms with Crippen LogP contribution in [0.2, 0.25) is 10.0 Å². The van der Waals surface area contributed by atoms with E-state index in [4.69, 9.17) is 23.2 Å². The largest absolute Gasteiger partial charge is 0.350 e. The summed E-state index contributed by atoms with van der Waals surface area (Å²) in [7, 11) is 0. The average Bonchev–Trinajstić information content (AvgIpc) is 3.41. The maximum Gasteiger partial charge on any atom is 0.247 e. The number of rotatable bonds is 7. The third-order valence-corrected chi connectivity index (χ3v) is 5.27. The second kappa shape index (κ2) is 9.37. The van der Waals surface area contributed by atoms with E-state index in [0.717, 1.165) is 11.1 Å². The predicted molar refractivity (Wildman–Crippen MR) is 122 cm³/mol. The normalized spacial score (nSPS) is 13.0. The summed E-state index contributed by atoms with van der Waals surface area (Å²) in [5, 5.41) is 12.5. The first kappa shape index (κ1) is 21.2. The van der Waals surface area contributed by atoms with E-state index in [0.29, 0.717) is 22.3 Å². The van der Waals surface area contributed by atoms with Gasteiger partial charge in [0.05, 0.1) is 12.7 Å². The number of halogens is 2. The molecule has 4 rings (SSSR count). The number of carbonyl (C=O) groups is 1. The summed E-state index contributed by atoms with van der Waals surface area (Å²) >= 11 is 12.2. The number of benzene rings is 2. The molecular weight excluding hydrogens is 433 g/mol. The Hall–Kier alpha value is -3.09. The molecule has 0 fully saturated rings. The van der Waals surface area contributed by atoms with Crippen molar-refractivity contribution in [1.82, 2.24) is 24.9 Å². The molecule has 0 aliphatic carbocycles. The van der Waals surface area contributed by atoms with Crippen LogP contribution in [0.15, 0.2) is 79.3 Å². The maximum atomic E-state index is 13.1. The van der Waals surface area contributed by atoms with Gasteiger partial charge in [-0.3, -0.25) is 4.79 Å². The molecule has 0 saturated heterocycles. The monoisotopic (exact) mass is 453 g/mol. The molecule has 0 saturated carbocycles. The topological polar surface area (TPSA) is 64.7 Å². The van der Waals surface area contributed by atoms with Crippen molar-refractivity contribution < 1.29 is 4.79 Å². The van der Waals surface area contributed by atoms with E-state index in [2.05, 4.69) is 15.6 Å². The molecule has 0 bridgehead atoms. The van der Waals surface area contributed by atoms with E-state index in [1.54, 1.807) is 22.9 Å². The van der Waals surface area contributed by atoms with Crippen LogP contribution in [0.4, 0.5) is 0 Å². The average molecular weight is 454 g/mol. The fourth-order valence-corrected chi connectivity index (χ4v) is 4.01. The molecule has 1 amide bonds. The lowest BCUT2D eigenvalue weighted by atomic mass is 10.1. The first-order chi connectivity index (χ1) is 15.0. The second-order valence-electron chi connectivity index (χ2n) is 7.34. The number of carbonyl (C=O) groups excluding carboxylic acids is 1. The number of nitrogens with one attached hydrogen (secondary N) is 1. The highest BCUT2D eigenvalue weighted by Crippen LogP contribution is 2.25. The van der Waals surface area contributed by atoms with Crippen LogP contribution in [-0.4, -0.2) is 31.5 Å². The molecule has 0 aliphatic rings. The van der Waals surface area contributed by atoms with Crippen molar-refractivity contribution in [3.8, 4) is 11.3 Å². The van der Waals surface area contributed by atoms with Gasteiger partial charge in [-0.25, -0.2) is 4.68 Å². The lowest BCUT2D eigenvalue weighted by Crippen LogP contribution is -2.40. The van der Waals surface area contributed by atoms with Gasteiger partial charge < -0.3 is 9.88 Å². The molecule has 1 unspecified atom stereocenters. The molecule has 158 valence electrons. The third kappa shape index (κ3) is 5.16. The van der Waals surface area contributed by atoms with E-state index >= 15 is 0 Å². The Balaban J connectivity index is 1.46. The van der Waals surface area contributed by atoms with Gasteiger partial charge in [0.1, 0.15) is 11.7 Å². The van der Waals surface area contributed by atoms with Gasteiger partial charge in [0.15, 0.2) is 0 Å². The van der Waals surface area contributed by atoms with Gasteiger partial charge >= 0.3 is 0 Å². The van der Waals surface area contributed by atoms with Crippen molar-refractivity contribution in [2.24, 2.45) is 0 Å². The molecule has 8 heteroatoms. The van der Waals surface area contributed by atoms with Crippen molar-refractivity contribution in [2.45, 2.75) is 25.6 Å². The van der Waals surface area contributed by atoms with Crippen molar-refractivity contribution in [3.63, 3.8) is 0 Å². The molecule has 4 aromatic rings. The Bertz CT molecular complexity index is 1140. The zero-order valence-corrected chi connectivity index (χ0v) is 18.3. The van der Waals surface area contributed by atoms with Crippen molar-refractivity contribution in [1.29, 1.82) is 0 Å². The SMILES string of the molecule is C[C@H](Cn1cc(-c2cc(Cl)cc(Cl)c2)nn1)NC(=O)C(c1ccccc1)n1cccc1. The van der Waals surface area contributed by atoms with Gasteiger partial charge in [-0.2, -0.15) is 0 Å². The minimum atomic E-state index is -0.446. The quantitative estimate of drug-likeness (QED) is 0.434. The van der Waals surface area contributed by atoms with E-state index in [9.17, 15) is 4.79 Å². The Morgan fingerprint density at radius 1 is 1.03 bits per heavy atom. The zero-order valence-electron chi connectivity index (χ0n) is 16.8. The molecule has 2 aromatic carbocycles. The van der Waals surface area contributed by atoms with Crippen LogP contribution < -0.4 is 5.32 Å². The Morgan fingerprint density at radius 3 is 2.39 bits per heavy atom. The Labute approximate surface area is 190 Å². The summed E-state index contributed by atoms with van der Waals surface area (Å²) in [6, 6.07) is 18.2. The molecular formula is C23H21Cl2N5O. The zero-order chi connectivity index (χ0) is 21.8. The van der Waals surface area contributed by atoms with Crippen LogP contribution in [0, 0.1) is 0 Å². The number of nitrogens with zero attached hydrogens (tertiary/aromatic N) is 4. The van der Waals surface area contributed by atoms with Crippen LogP contribution in [0.3, 0.4) is 0 Å². The van der Waals surface area contributed by atoms with E-state index < -0.39 is 6.04 Å². The minimum absolute atomic E-state index is 0.0862. The molecule has 31 heavy (non-hydrogen) atoms. The summed E-state index contributed by atoms with van der Waals surface area (Å²) in [5.41, 5.74) is 2.37. The van der Waals surface area contributed by atoms with Crippen molar-refractivity contribution >= 4 is 29.1 Å². The fraction of sp³-hybridized carbons (Fsp3) is 0.174. The first-order valence-electron chi connectivity index (χ1n) is 9.84. The third-order valence-electron chi connectivity index (χ3n) is 4.84. The van der Waals surface area contributed by atoms with Gasteiger partial charge in [-0.15, -0.1) is 5.10 Å². The van der Waals surface area contributed by atoms with Crippen LogP contribution in [0.5, 0.6) is 0 Å². The molecule has 0 aliphatic heterocycles. The highest BCUT2D eigenvalue weighted by molar-refractivity contribution is 6.35. The van der Waals surface area contributed by atoms with Gasteiger partial charge in [-0.05, 0) is 42.8 Å². The lowest BCUT2D eigenvalue weighted by Gasteiger charge is -2.22. The van der Waals surface area contributed by atoms with E-state index in [1.165, 1.54) is 0 Å². The standard InChI is InChI=1S/C23H21Cl2N5O/c1-16(14-30-15-21(27-28-30)18-11-19(24)13-20(25)12-18)26-23(31)22(29-9-5-6-10-29)17-7-3-2-4-8-17/h2-13,15-16,22H,14H2,1H3,(H,26,31)/t16-,22?/m1/s1. The highest BCUT2D eigenvalue weighted by atomic mass is 35.5. The molecule has 2 atom stereocenters. The van der Waals surface area contributed by atoms with Gasteiger partial charge in [0, 0.05) is 34.0 Å². The number of hydrogen-bond donors (Lipinski definition) is 1. The number of aromatic nitrogens is 4. The summed E-state index contributed by atoms with van der Waals surface area (Å²) < 4.78 is 3.59. The highest BCUT2D eigenvalue weighted by Gasteiger charge is 2.23. The van der Waals surface area contributed by atoms with Gasteiger partial charge in [-0.1, -0.05) is 58.7 Å². The van der Waals surface area contributed by atoms with E-state index in [1.807, 2.05) is 72.5 Å². The molecule has 6 nitrogen and oxygen atoms in total. The molecule has 0 spiro atoms. The summed E-state index contributed by atoms with van der Waals surface area (Å²) in [4.78, 5) is 13.1. The molecule has 2 heterocycles. The predicted octanol–water partition coefficient (Wildman–Crippen LogP) is 4.85. The summed E-state index contributed by atoms with van der Waals surface area (Å²) in [6.07, 6.45) is 5.59. The van der Waals surface area contributed by atoms with E-state index in [-0.39, 0.29) is 11.9 Å². The van der Waals surface area contributed by atoms with Gasteiger partial charge in [0.2, 0.25) is 5.91 Å². The molecule has 1 N–H and O–H groups in total. The number of hydrogen-bond acceptors (Lipinski definition) is 3. The molecule has 0 radical (unpaired) electrons. The minimum Gasteiger partial charge on any atom is -0.350 e. The Morgan fingerprint density at radius 2 is 1.71 bits per heavy atom. The number of amides is 1. The summed E-state index contributed by atoms with van der Waals surface area (Å²) in [5.74, 6) is -0.0862. The maximum absolute atomic E-state index is 13.1. The lowest BCUT2D eigenvalue weighted by molar-refractivity contribution is -0.123. The van der Waals surface area contributed by atoms with Crippen LogP contribution >= 0.6 is 23.2 Å². The van der Waals surface area contributed by atoms with Gasteiger partial charge in [0.25, 0.3) is 0 Å². The fourth-order valence-electron chi connectivity index (χ4n) is 3.48. The van der Waals surface area contributed by atoms with Crippen LogP contribution in [0.1, 0.15) is 18.5 Å². The smallest absolute Gasteiger partial charge is 0.247 e. The Kier molecular flexibility index (Phi) is 6.39.